The van der Waals surface area contributed by atoms with Crippen molar-refractivity contribution in [1.82, 2.24) is 0 Å². The molecule has 1 N–H and O–H groups in total. The van der Waals surface area contributed by atoms with Crippen molar-refractivity contribution in [3.63, 3.8) is 0 Å². The van der Waals surface area contributed by atoms with Crippen LogP contribution in [0.15, 0.2) is 84.9 Å². The molecular formula is C22H20N2O3. The summed E-state index contributed by atoms with van der Waals surface area (Å²) < 4.78 is 5.65. The molecule has 136 valence electrons. The summed E-state index contributed by atoms with van der Waals surface area (Å²) in [6, 6.07) is 25.3. The van der Waals surface area contributed by atoms with Crippen molar-refractivity contribution in [2.75, 3.05) is 23.9 Å². The first kappa shape index (κ1) is 18.2. The standard InChI is InChI=1S/C22H20N2O3/c1-24(18-12-6-3-7-13-18)21(25)16-27-20-15-9-8-14-19(20)22(26)23-17-10-4-2-5-11-17/h2-15H,16H2,1H3,(H,23,26). The summed E-state index contributed by atoms with van der Waals surface area (Å²) in [5.74, 6) is -0.138. The lowest BCUT2D eigenvalue weighted by Crippen LogP contribution is -2.31. The third kappa shape index (κ3) is 4.73. The van der Waals surface area contributed by atoms with Gasteiger partial charge in [-0.1, -0.05) is 48.5 Å². The molecule has 3 aromatic rings. The van der Waals surface area contributed by atoms with Crippen LogP contribution in [0.4, 0.5) is 11.4 Å². The van der Waals surface area contributed by atoms with E-state index in [1.165, 1.54) is 4.90 Å². The van der Waals surface area contributed by atoms with Gasteiger partial charge in [-0.05, 0) is 36.4 Å². The number of hydrogen-bond donors (Lipinski definition) is 1. The SMILES string of the molecule is CN(C(=O)COc1ccccc1C(=O)Nc1ccccc1)c1ccccc1. The maximum atomic E-state index is 12.5. The minimum atomic E-state index is -0.291. The van der Waals surface area contributed by atoms with E-state index in [9.17, 15) is 9.59 Å². The molecule has 0 atom stereocenters. The molecule has 0 saturated heterocycles. The Morgan fingerprint density at radius 3 is 2.15 bits per heavy atom. The average molecular weight is 360 g/mol. The average Bonchev–Trinajstić information content (AvgIpc) is 2.73. The number of likely N-dealkylation sites (N-methyl/N-ethyl adjacent to an activating group) is 1. The summed E-state index contributed by atoms with van der Waals surface area (Å²) in [5.41, 5.74) is 1.84. The van der Waals surface area contributed by atoms with Gasteiger partial charge in [-0.2, -0.15) is 0 Å². The highest BCUT2D eigenvalue weighted by molar-refractivity contribution is 6.06. The Labute approximate surface area is 158 Å². The number of para-hydroxylation sites is 3. The van der Waals surface area contributed by atoms with E-state index >= 15 is 0 Å². The minimum Gasteiger partial charge on any atom is -0.483 e. The van der Waals surface area contributed by atoms with Crippen LogP contribution in [0.25, 0.3) is 0 Å². The molecule has 0 fully saturated rings. The van der Waals surface area contributed by atoms with Crippen molar-refractivity contribution in [2.45, 2.75) is 0 Å². The summed E-state index contributed by atoms with van der Waals surface area (Å²) in [6.45, 7) is -0.166. The van der Waals surface area contributed by atoms with Gasteiger partial charge in [0, 0.05) is 18.4 Å². The summed E-state index contributed by atoms with van der Waals surface area (Å²) >= 11 is 0. The molecule has 27 heavy (non-hydrogen) atoms. The second-order valence-electron chi connectivity index (χ2n) is 5.89. The molecule has 5 heteroatoms. The van der Waals surface area contributed by atoms with Crippen molar-refractivity contribution in [3.05, 3.63) is 90.5 Å². The number of carbonyl (C=O) groups excluding carboxylic acids is 2. The molecule has 0 aromatic heterocycles. The molecule has 0 radical (unpaired) electrons. The third-order valence-corrected chi connectivity index (χ3v) is 4.03. The number of nitrogens with zero attached hydrogens (tertiary/aromatic N) is 1. The number of benzene rings is 3. The fourth-order valence-corrected chi connectivity index (χ4v) is 2.53. The van der Waals surface area contributed by atoms with Crippen molar-refractivity contribution < 1.29 is 14.3 Å². The van der Waals surface area contributed by atoms with Crippen molar-refractivity contribution >= 4 is 23.2 Å². The predicted octanol–water partition coefficient (Wildman–Crippen LogP) is 3.98. The Kier molecular flexibility index (Phi) is 5.84. The van der Waals surface area contributed by atoms with Gasteiger partial charge in [0.15, 0.2) is 6.61 Å². The van der Waals surface area contributed by atoms with E-state index in [2.05, 4.69) is 5.32 Å². The van der Waals surface area contributed by atoms with Crippen molar-refractivity contribution in [1.29, 1.82) is 0 Å². The Balaban J connectivity index is 1.67. The van der Waals surface area contributed by atoms with E-state index in [1.54, 1.807) is 43.4 Å². The van der Waals surface area contributed by atoms with Crippen LogP contribution in [0.3, 0.4) is 0 Å². The van der Waals surface area contributed by atoms with E-state index in [1.807, 2.05) is 48.5 Å². The van der Waals surface area contributed by atoms with Gasteiger partial charge in [0.1, 0.15) is 5.75 Å². The van der Waals surface area contributed by atoms with Gasteiger partial charge >= 0.3 is 0 Å². The van der Waals surface area contributed by atoms with Gasteiger partial charge in [0.05, 0.1) is 5.56 Å². The molecule has 0 unspecified atom stereocenters. The first-order chi connectivity index (χ1) is 13.1. The number of rotatable bonds is 6. The van der Waals surface area contributed by atoms with E-state index in [-0.39, 0.29) is 18.4 Å². The molecule has 0 spiro atoms. The van der Waals surface area contributed by atoms with Crippen LogP contribution in [-0.4, -0.2) is 25.5 Å². The molecule has 5 nitrogen and oxygen atoms in total. The highest BCUT2D eigenvalue weighted by Crippen LogP contribution is 2.20. The van der Waals surface area contributed by atoms with E-state index in [4.69, 9.17) is 4.74 Å². The van der Waals surface area contributed by atoms with E-state index < -0.39 is 0 Å². The third-order valence-electron chi connectivity index (χ3n) is 4.03. The first-order valence-electron chi connectivity index (χ1n) is 8.55. The number of anilines is 2. The Bertz CT molecular complexity index is 911. The highest BCUT2D eigenvalue weighted by atomic mass is 16.5. The van der Waals surface area contributed by atoms with Crippen molar-refractivity contribution in [3.8, 4) is 5.75 Å². The quantitative estimate of drug-likeness (QED) is 0.723. The van der Waals surface area contributed by atoms with Crippen LogP contribution in [0.1, 0.15) is 10.4 Å². The van der Waals surface area contributed by atoms with Crippen molar-refractivity contribution in [2.24, 2.45) is 0 Å². The Hall–Kier alpha value is -3.60. The van der Waals surface area contributed by atoms with Gasteiger partial charge in [-0.15, -0.1) is 0 Å². The van der Waals surface area contributed by atoms with Crippen LogP contribution >= 0.6 is 0 Å². The lowest BCUT2D eigenvalue weighted by molar-refractivity contribution is -0.120. The molecule has 0 aliphatic heterocycles. The molecular weight excluding hydrogens is 340 g/mol. The molecule has 0 bridgehead atoms. The summed E-state index contributed by atoms with van der Waals surface area (Å²) in [4.78, 5) is 26.5. The molecule has 3 rings (SSSR count). The van der Waals surface area contributed by atoms with Gasteiger partial charge in [0.25, 0.3) is 11.8 Å². The van der Waals surface area contributed by atoms with Gasteiger partial charge in [-0.3, -0.25) is 9.59 Å². The fourth-order valence-electron chi connectivity index (χ4n) is 2.53. The largest absolute Gasteiger partial charge is 0.483 e. The minimum absolute atomic E-state index is 0.166. The highest BCUT2D eigenvalue weighted by Gasteiger charge is 2.16. The lowest BCUT2D eigenvalue weighted by atomic mass is 10.2. The van der Waals surface area contributed by atoms with Crippen LogP contribution < -0.4 is 15.0 Å². The van der Waals surface area contributed by atoms with Crippen LogP contribution in [0, 0.1) is 0 Å². The predicted molar refractivity (Wildman–Crippen MR) is 106 cm³/mol. The second kappa shape index (κ2) is 8.67. The van der Waals surface area contributed by atoms with Crippen LogP contribution in [0.5, 0.6) is 5.75 Å². The maximum absolute atomic E-state index is 12.5. The molecule has 0 heterocycles. The molecule has 2 amide bonds. The zero-order chi connectivity index (χ0) is 19.1. The van der Waals surface area contributed by atoms with Gasteiger partial charge in [-0.25, -0.2) is 0 Å². The topological polar surface area (TPSA) is 58.6 Å². The number of amides is 2. The van der Waals surface area contributed by atoms with Gasteiger partial charge in [0.2, 0.25) is 0 Å². The smallest absolute Gasteiger partial charge is 0.264 e. The molecule has 3 aromatic carbocycles. The molecule has 0 aliphatic rings. The Morgan fingerprint density at radius 1 is 0.852 bits per heavy atom. The number of nitrogens with one attached hydrogen (secondary N) is 1. The fraction of sp³-hybridized carbons (Fsp3) is 0.0909. The number of carbonyl (C=O) groups is 2. The maximum Gasteiger partial charge on any atom is 0.264 e. The zero-order valence-electron chi connectivity index (χ0n) is 15.0. The number of ether oxygens (including phenoxy) is 1. The summed E-state index contributed by atoms with van der Waals surface area (Å²) in [7, 11) is 1.69. The van der Waals surface area contributed by atoms with Crippen LogP contribution in [0.2, 0.25) is 0 Å². The second-order valence-corrected chi connectivity index (χ2v) is 5.89. The Morgan fingerprint density at radius 2 is 1.44 bits per heavy atom. The monoisotopic (exact) mass is 360 g/mol. The van der Waals surface area contributed by atoms with Crippen LogP contribution in [-0.2, 0) is 4.79 Å². The van der Waals surface area contributed by atoms with E-state index in [0.717, 1.165) is 5.69 Å². The van der Waals surface area contributed by atoms with E-state index in [0.29, 0.717) is 17.0 Å². The summed E-state index contributed by atoms with van der Waals surface area (Å²) in [6.07, 6.45) is 0. The van der Waals surface area contributed by atoms with Gasteiger partial charge < -0.3 is 15.0 Å². The molecule has 0 saturated carbocycles. The normalized spacial score (nSPS) is 10.1. The lowest BCUT2D eigenvalue weighted by Gasteiger charge is -2.18. The number of hydrogen-bond acceptors (Lipinski definition) is 3. The zero-order valence-corrected chi connectivity index (χ0v) is 15.0. The molecule has 0 aliphatic carbocycles. The first-order valence-corrected chi connectivity index (χ1v) is 8.55. The summed E-state index contributed by atoms with van der Waals surface area (Å²) in [5, 5.41) is 2.82.